The van der Waals surface area contributed by atoms with Crippen LogP contribution in [-0.4, -0.2) is 36.0 Å². The van der Waals surface area contributed by atoms with E-state index in [-0.39, 0.29) is 41.5 Å². The van der Waals surface area contributed by atoms with Crippen LogP contribution in [0.5, 0.6) is 0 Å². The number of rotatable bonds is 4. The van der Waals surface area contributed by atoms with Crippen LogP contribution in [0.15, 0.2) is 18.2 Å². The van der Waals surface area contributed by atoms with Gasteiger partial charge in [0.05, 0.1) is 4.92 Å². The van der Waals surface area contributed by atoms with Gasteiger partial charge in [-0.25, -0.2) is 0 Å². The van der Waals surface area contributed by atoms with Crippen molar-refractivity contribution in [2.45, 2.75) is 19.4 Å². The molecule has 1 aromatic rings. The molecular formula is C13H20Cl3N3O2. The average Bonchev–Trinajstić information content (AvgIpc) is 2.42. The first-order chi connectivity index (χ1) is 9.13. The number of non-ortho nitro benzene ring substituents is 1. The molecule has 0 bridgehead atoms. The topological polar surface area (TPSA) is 58.4 Å². The van der Waals surface area contributed by atoms with E-state index in [0.29, 0.717) is 5.02 Å². The maximum absolute atomic E-state index is 10.9. The lowest BCUT2D eigenvalue weighted by atomic mass is 10.0. The fourth-order valence-corrected chi connectivity index (χ4v) is 2.81. The van der Waals surface area contributed by atoms with Crippen molar-refractivity contribution in [3.63, 3.8) is 0 Å². The summed E-state index contributed by atoms with van der Waals surface area (Å²) in [4.78, 5) is 12.9. The number of nitro benzene ring substituents is 1. The first-order valence-electron chi connectivity index (χ1n) is 6.52. The van der Waals surface area contributed by atoms with Gasteiger partial charge in [-0.3, -0.25) is 15.0 Å². The lowest BCUT2D eigenvalue weighted by molar-refractivity contribution is -0.385. The molecule has 1 aliphatic heterocycles. The van der Waals surface area contributed by atoms with E-state index in [1.54, 1.807) is 12.1 Å². The molecule has 21 heavy (non-hydrogen) atoms. The zero-order valence-electron chi connectivity index (χ0n) is 11.8. The van der Waals surface area contributed by atoms with E-state index in [0.717, 1.165) is 38.2 Å². The summed E-state index contributed by atoms with van der Waals surface area (Å²) in [5.74, 6) is 0. The van der Waals surface area contributed by atoms with Gasteiger partial charge in [-0.15, -0.1) is 24.8 Å². The van der Waals surface area contributed by atoms with Crippen molar-refractivity contribution in [3.05, 3.63) is 38.9 Å². The predicted octanol–water partition coefficient (Wildman–Crippen LogP) is 3.45. The molecule has 1 N–H and O–H groups in total. The number of hydrogen-bond donors (Lipinski definition) is 1. The Bertz CT molecular complexity index is 468. The summed E-state index contributed by atoms with van der Waals surface area (Å²) < 4.78 is 0. The molecule has 0 saturated carbocycles. The molecule has 2 rings (SSSR count). The van der Waals surface area contributed by atoms with Crippen molar-refractivity contribution in [1.29, 1.82) is 0 Å². The van der Waals surface area contributed by atoms with Gasteiger partial charge in [0.25, 0.3) is 5.69 Å². The molecule has 0 aromatic heterocycles. The Morgan fingerprint density at radius 3 is 2.52 bits per heavy atom. The summed E-state index contributed by atoms with van der Waals surface area (Å²) in [5.41, 5.74) is 0.966. The van der Waals surface area contributed by atoms with Gasteiger partial charge in [-0.05, 0) is 18.1 Å². The smallest absolute Gasteiger partial charge is 0.269 e. The van der Waals surface area contributed by atoms with Crippen LogP contribution < -0.4 is 5.32 Å². The number of piperazine rings is 1. The van der Waals surface area contributed by atoms with E-state index < -0.39 is 0 Å². The Labute approximate surface area is 142 Å². The van der Waals surface area contributed by atoms with E-state index in [1.807, 2.05) is 0 Å². The fraction of sp³-hybridized carbons (Fsp3) is 0.538. The molecule has 1 heterocycles. The van der Waals surface area contributed by atoms with Gasteiger partial charge in [0.15, 0.2) is 0 Å². The molecule has 1 aliphatic rings. The number of benzene rings is 1. The van der Waals surface area contributed by atoms with Crippen LogP contribution in [0.1, 0.15) is 24.9 Å². The number of halogens is 3. The van der Waals surface area contributed by atoms with Gasteiger partial charge in [0.2, 0.25) is 0 Å². The minimum absolute atomic E-state index is 0. The summed E-state index contributed by atoms with van der Waals surface area (Å²) >= 11 is 6.23. The summed E-state index contributed by atoms with van der Waals surface area (Å²) in [6.45, 7) is 5.86. The zero-order chi connectivity index (χ0) is 13.8. The summed E-state index contributed by atoms with van der Waals surface area (Å²) in [7, 11) is 0. The molecule has 1 aromatic carbocycles. The highest BCUT2D eigenvalue weighted by Crippen LogP contribution is 2.33. The Balaban J connectivity index is 0.00000200. The number of nitrogens with zero attached hydrogens (tertiary/aromatic N) is 2. The SMILES string of the molecule is CC[C@H](c1cc([N+](=O)[O-])ccc1Cl)N1CCNCC1.Cl.Cl. The third-order valence-corrected chi connectivity index (χ3v) is 3.87. The number of hydrogen-bond acceptors (Lipinski definition) is 4. The van der Waals surface area contributed by atoms with E-state index in [1.165, 1.54) is 6.07 Å². The molecule has 8 heteroatoms. The Kier molecular flexibility index (Phi) is 9.17. The molecular weight excluding hydrogens is 337 g/mol. The molecule has 1 fully saturated rings. The molecule has 0 unspecified atom stereocenters. The molecule has 1 atom stereocenters. The Morgan fingerprint density at radius 1 is 1.38 bits per heavy atom. The van der Waals surface area contributed by atoms with Crippen molar-refractivity contribution >= 4 is 42.1 Å². The molecule has 120 valence electrons. The van der Waals surface area contributed by atoms with Gasteiger partial charge in [0, 0.05) is 49.4 Å². The monoisotopic (exact) mass is 355 g/mol. The first-order valence-corrected chi connectivity index (χ1v) is 6.90. The second-order valence-electron chi connectivity index (χ2n) is 4.67. The zero-order valence-corrected chi connectivity index (χ0v) is 14.1. The van der Waals surface area contributed by atoms with Crippen LogP contribution in [0.4, 0.5) is 5.69 Å². The fourth-order valence-electron chi connectivity index (χ4n) is 2.57. The maximum Gasteiger partial charge on any atom is 0.269 e. The van der Waals surface area contributed by atoms with Crippen molar-refractivity contribution in [3.8, 4) is 0 Å². The highest BCUT2D eigenvalue weighted by Gasteiger charge is 2.24. The molecule has 0 aliphatic carbocycles. The van der Waals surface area contributed by atoms with Crippen molar-refractivity contribution in [2.24, 2.45) is 0 Å². The predicted molar refractivity (Wildman–Crippen MR) is 90.1 cm³/mol. The van der Waals surface area contributed by atoms with Crippen LogP contribution in [-0.2, 0) is 0 Å². The van der Waals surface area contributed by atoms with Crippen LogP contribution in [0.25, 0.3) is 0 Å². The summed E-state index contributed by atoms with van der Waals surface area (Å²) in [5, 5.41) is 14.8. The average molecular weight is 357 g/mol. The highest BCUT2D eigenvalue weighted by atomic mass is 35.5. The van der Waals surface area contributed by atoms with Crippen LogP contribution >= 0.6 is 36.4 Å². The van der Waals surface area contributed by atoms with Crippen LogP contribution in [0.2, 0.25) is 5.02 Å². The van der Waals surface area contributed by atoms with Crippen LogP contribution in [0.3, 0.4) is 0 Å². The lowest BCUT2D eigenvalue weighted by Gasteiger charge is -2.35. The van der Waals surface area contributed by atoms with Crippen molar-refractivity contribution in [2.75, 3.05) is 26.2 Å². The third kappa shape index (κ3) is 4.97. The van der Waals surface area contributed by atoms with Gasteiger partial charge < -0.3 is 5.32 Å². The standard InChI is InChI=1S/C13H18ClN3O2.2ClH/c1-2-13(16-7-5-15-6-8-16)11-9-10(17(18)19)3-4-12(11)14;;/h3-4,9,13,15H,2,5-8H2,1H3;2*1H/t13-;;/m1../s1. The summed E-state index contributed by atoms with van der Waals surface area (Å²) in [6, 6.07) is 4.84. The number of nitrogens with one attached hydrogen (secondary N) is 1. The maximum atomic E-state index is 10.9. The Morgan fingerprint density at radius 2 is 2.00 bits per heavy atom. The molecule has 5 nitrogen and oxygen atoms in total. The highest BCUT2D eigenvalue weighted by molar-refractivity contribution is 6.31. The second-order valence-corrected chi connectivity index (χ2v) is 5.08. The minimum atomic E-state index is -0.371. The van der Waals surface area contributed by atoms with Crippen molar-refractivity contribution in [1.82, 2.24) is 10.2 Å². The van der Waals surface area contributed by atoms with Gasteiger partial charge in [-0.2, -0.15) is 0 Å². The molecule has 0 radical (unpaired) electrons. The van der Waals surface area contributed by atoms with E-state index in [2.05, 4.69) is 17.1 Å². The largest absolute Gasteiger partial charge is 0.314 e. The molecule has 1 saturated heterocycles. The van der Waals surface area contributed by atoms with E-state index in [4.69, 9.17) is 11.6 Å². The second kappa shape index (κ2) is 9.43. The third-order valence-electron chi connectivity index (χ3n) is 3.53. The number of nitro groups is 1. The van der Waals surface area contributed by atoms with Gasteiger partial charge >= 0.3 is 0 Å². The normalized spacial score (nSPS) is 16.5. The van der Waals surface area contributed by atoms with Gasteiger partial charge in [-0.1, -0.05) is 18.5 Å². The van der Waals surface area contributed by atoms with E-state index >= 15 is 0 Å². The summed E-state index contributed by atoms with van der Waals surface area (Å²) in [6.07, 6.45) is 0.890. The molecule has 0 spiro atoms. The van der Waals surface area contributed by atoms with Crippen molar-refractivity contribution < 1.29 is 4.92 Å². The lowest BCUT2D eigenvalue weighted by Crippen LogP contribution is -2.45. The minimum Gasteiger partial charge on any atom is -0.314 e. The van der Waals surface area contributed by atoms with Gasteiger partial charge in [0.1, 0.15) is 0 Å². The first kappa shape index (κ1) is 20.4. The van der Waals surface area contributed by atoms with E-state index in [9.17, 15) is 10.1 Å². The van der Waals surface area contributed by atoms with Crippen LogP contribution in [0, 0.1) is 10.1 Å². The quantitative estimate of drug-likeness (QED) is 0.663. The Hall–Kier alpha value is -0.590. The molecule has 0 amide bonds.